The zero-order valence-electron chi connectivity index (χ0n) is 13.6. The van der Waals surface area contributed by atoms with Crippen LogP contribution in [-0.2, 0) is 0 Å². The van der Waals surface area contributed by atoms with Crippen molar-refractivity contribution in [2.45, 2.75) is 50.6 Å². The van der Waals surface area contributed by atoms with Crippen molar-refractivity contribution in [1.29, 1.82) is 0 Å². The molecule has 1 fully saturated rings. The van der Waals surface area contributed by atoms with Crippen molar-refractivity contribution in [3.63, 3.8) is 0 Å². The van der Waals surface area contributed by atoms with E-state index >= 15 is 0 Å². The van der Waals surface area contributed by atoms with Gasteiger partial charge < -0.3 is 10.5 Å². The number of hydrogen-bond acceptors (Lipinski definition) is 4. The van der Waals surface area contributed by atoms with E-state index in [2.05, 4.69) is 49.6 Å². The molecule has 0 aliphatic carbocycles. The van der Waals surface area contributed by atoms with Gasteiger partial charge in [-0.2, -0.15) is 11.8 Å². The minimum atomic E-state index is 0.163. The first-order chi connectivity index (χ1) is 10.1. The Bertz CT molecular complexity index is 437. The number of ether oxygens (including phenoxy) is 1. The molecule has 1 aromatic carbocycles. The van der Waals surface area contributed by atoms with Crippen LogP contribution in [0.15, 0.2) is 24.3 Å². The van der Waals surface area contributed by atoms with Crippen LogP contribution in [0.3, 0.4) is 0 Å². The summed E-state index contributed by atoms with van der Waals surface area (Å²) < 4.78 is 5.27. The second-order valence-corrected chi connectivity index (χ2v) is 7.33. The van der Waals surface area contributed by atoms with E-state index in [-0.39, 0.29) is 6.04 Å². The number of rotatable bonds is 5. The third-order valence-corrected chi connectivity index (χ3v) is 5.96. The summed E-state index contributed by atoms with van der Waals surface area (Å²) in [6, 6.07) is 9.41. The van der Waals surface area contributed by atoms with Gasteiger partial charge in [0.1, 0.15) is 5.75 Å². The second kappa shape index (κ2) is 7.52. The Morgan fingerprint density at radius 1 is 1.33 bits per heavy atom. The maximum atomic E-state index is 6.48. The van der Waals surface area contributed by atoms with Crippen LogP contribution in [0.1, 0.15) is 38.8 Å². The van der Waals surface area contributed by atoms with Crippen molar-refractivity contribution in [1.82, 2.24) is 4.90 Å². The maximum Gasteiger partial charge on any atom is 0.118 e. The molecular weight excluding hydrogens is 280 g/mol. The molecule has 0 radical (unpaired) electrons. The molecule has 0 saturated carbocycles. The van der Waals surface area contributed by atoms with Gasteiger partial charge in [-0.1, -0.05) is 26.0 Å². The summed E-state index contributed by atoms with van der Waals surface area (Å²) in [5.41, 5.74) is 7.78. The lowest BCUT2D eigenvalue weighted by atomic mass is 9.94. The Morgan fingerprint density at radius 3 is 2.57 bits per heavy atom. The van der Waals surface area contributed by atoms with Gasteiger partial charge in [-0.3, -0.25) is 4.90 Å². The van der Waals surface area contributed by atoms with E-state index in [1.54, 1.807) is 7.11 Å². The number of benzene rings is 1. The molecule has 0 aromatic heterocycles. The highest BCUT2D eigenvalue weighted by Gasteiger charge is 2.34. The van der Waals surface area contributed by atoms with Gasteiger partial charge in [0.2, 0.25) is 0 Å². The second-order valence-electron chi connectivity index (χ2n) is 5.84. The van der Waals surface area contributed by atoms with E-state index in [0.29, 0.717) is 17.3 Å². The number of nitrogens with zero attached hydrogens (tertiary/aromatic N) is 1. The molecule has 0 spiro atoms. The Morgan fingerprint density at radius 2 is 2.00 bits per heavy atom. The molecule has 1 aliphatic heterocycles. The molecule has 1 heterocycles. The fourth-order valence-electron chi connectivity index (χ4n) is 3.06. The van der Waals surface area contributed by atoms with Crippen molar-refractivity contribution >= 4 is 11.8 Å². The number of nitrogens with two attached hydrogens (primary N) is 1. The number of thioether (sulfide) groups is 1. The van der Waals surface area contributed by atoms with Crippen LogP contribution in [0.25, 0.3) is 0 Å². The summed E-state index contributed by atoms with van der Waals surface area (Å²) >= 11 is 2.07. The smallest absolute Gasteiger partial charge is 0.118 e. The fraction of sp³-hybridized carbons (Fsp3) is 0.647. The van der Waals surface area contributed by atoms with E-state index in [4.69, 9.17) is 10.5 Å². The van der Waals surface area contributed by atoms with Crippen LogP contribution in [-0.4, -0.2) is 41.6 Å². The highest BCUT2D eigenvalue weighted by molar-refractivity contribution is 8.00. The first kappa shape index (κ1) is 16.7. The van der Waals surface area contributed by atoms with E-state index in [1.807, 2.05) is 12.1 Å². The van der Waals surface area contributed by atoms with Gasteiger partial charge in [0, 0.05) is 29.6 Å². The summed E-state index contributed by atoms with van der Waals surface area (Å²) in [6.45, 7) is 7.94. The molecule has 118 valence electrons. The Kier molecular flexibility index (Phi) is 5.97. The minimum absolute atomic E-state index is 0.163. The molecule has 1 aliphatic rings. The lowest BCUT2D eigenvalue weighted by Gasteiger charge is -2.44. The van der Waals surface area contributed by atoms with E-state index in [9.17, 15) is 0 Å². The normalized spacial score (nSPS) is 26.3. The van der Waals surface area contributed by atoms with Gasteiger partial charge >= 0.3 is 0 Å². The minimum Gasteiger partial charge on any atom is -0.497 e. The lowest BCUT2D eigenvalue weighted by Crippen LogP contribution is -2.51. The highest BCUT2D eigenvalue weighted by Crippen LogP contribution is 2.34. The summed E-state index contributed by atoms with van der Waals surface area (Å²) in [5, 5.41) is 0.656. The zero-order chi connectivity index (χ0) is 15.4. The third-order valence-electron chi connectivity index (χ3n) is 4.62. The predicted molar refractivity (Wildman–Crippen MR) is 92.1 cm³/mol. The van der Waals surface area contributed by atoms with Crippen molar-refractivity contribution in [3.05, 3.63) is 29.8 Å². The average molecular weight is 308 g/mol. The summed E-state index contributed by atoms with van der Waals surface area (Å²) in [4.78, 5) is 2.59. The van der Waals surface area contributed by atoms with Gasteiger partial charge in [0.15, 0.2) is 0 Å². The average Bonchev–Trinajstić information content (AvgIpc) is 2.52. The molecule has 2 N–H and O–H groups in total. The molecule has 0 bridgehead atoms. The first-order valence-corrected chi connectivity index (χ1v) is 8.90. The predicted octanol–water partition coefficient (Wildman–Crippen LogP) is 3.30. The largest absolute Gasteiger partial charge is 0.497 e. The highest BCUT2D eigenvalue weighted by atomic mass is 32.2. The Labute approximate surface area is 133 Å². The van der Waals surface area contributed by atoms with Gasteiger partial charge in [-0.25, -0.2) is 0 Å². The molecule has 4 heteroatoms. The first-order valence-electron chi connectivity index (χ1n) is 7.85. The maximum absolute atomic E-state index is 6.48. The number of hydrogen-bond donors (Lipinski definition) is 1. The van der Waals surface area contributed by atoms with E-state index in [1.165, 1.54) is 11.3 Å². The molecule has 1 saturated heterocycles. The van der Waals surface area contributed by atoms with Crippen LogP contribution >= 0.6 is 11.8 Å². The standard InChI is InChI=1S/C17H28N2OS/c1-5-16(18)17(14-6-8-15(20-4)9-7-14)19-10-11-21-13(3)12(19)2/h6-9,12-13,16-17H,5,10-11,18H2,1-4H3. The van der Waals surface area contributed by atoms with Gasteiger partial charge in [0.05, 0.1) is 13.2 Å². The van der Waals surface area contributed by atoms with Gasteiger partial charge in [-0.15, -0.1) is 0 Å². The number of methoxy groups -OCH3 is 1. The van der Waals surface area contributed by atoms with Crippen molar-refractivity contribution in [2.75, 3.05) is 19.4 Å². The van der Waals surface area contributed by atoms with Crippen molar-refractivity contribution < 1.29 is 4.74 Å². The molecule has 3 nitrogen and oxygen atoms in total. The van der Waals surface area contributed by atoms with E-state index < -0.39 is 0 Å². The lowest BCUT2D eigenvalue weighted by molar-refractivity contribution is 0.124. The molecule has 21 heavy (non-hydrogen) atoms. The van der Waals surface area contributed by atoms with Gasteiger partial charge in [-0.05, 0) is 31.0 Å². The van der Waals surface area contributed by atoms with Crippen LogP contribution in [0.4, 0.5) is 0 Å². The summed E-state index contributed by atoms with van der Waals surface area (Å²) in [7, 11) is 1.70. The molecule has 4 unspecified atom stereocenters. The fourth-order valence-corrected chi connectivity index (χ4v) is 4.18. The molecule has 0 amide bonds. The molecule has 2 rings (SSSR count). The van der Waals surface area contributed by atoms with E-state index in [0.717, 1.165) is 18.7 Å². The molecular formula is C17H28N2OS. The summed E-state index contributed by atoms with van der Waals surface area (Å²) in [6.07, 6.45) is 0.988. The monoisotopic (exact) mass is 308 g/mol. The van der Waals surface area contributed by atoms with Crippen LogP contribution in [0.5, 0.6) is 5.75 Å². The van der Waals surface area contributed by atoms with Gasteiger partial charge in [0.25, 0.3) is 0 Å². The Balaban J connectivity index is 2.28. The van der Waals surface area contributed by atoms with Crippen molar-refractivity contribution in [2.24, 2.45) is 5.73 Å². The summed E-state index contributed by atoms with van der Waals surface area (Å²) in [5.74, 6) is 2.09. The topological polar surface area (TPSA) is 38.5 Å². The van der Waals surface area contributed by atoms with Crippen LogP contribution in [0, 0.1) is 0 Å². The Hall–Kier alpha value is -0.710. The third kappa shape index (κ3) is 3.74. The van der Waals surface area contributed by atoms with Crippen LogP contribution in [0.2, 0.25) is 0 Å². The SMILES string of the molecule is CCC(N)C(c1ccc(OC)cc1)N1CCSC(C)C1C. The quantitative estimate of drug-likeness (QED) is 0.906. The van der Waals surface area contributed by atoms with Crippen LogP contribution < -0.4 is 10.5 Å². The molecule has 4 atom stereocenters. The molecule has 1 aromatic rings. The van der Waals surface area contributed by atoms with Crippen molar-refractivity contribution in [3.8, 4) is 5.75 Å². The zero-order valence-corrected chi connectivity index (χ0v) is 14.4.